The predicted molar refractivity (Wildman–Crippen MR) is 131 cm³/mol. The van der Waals surface area contributed by atoms with Crippen molar-refractivity contribution in [2.24, 2.45) is 5.73 Å². The minimum absolute atomic E-state index is 0.103. The number of carbonyl (C=O) groups excluding carboxylic acids is 2. The molecule has 182 valence electrons. The van der Waals surface area contributed by atoms with Crippen molar-refractivity contribution in [1.82, 2.24) is 10.2 Å². The van der Waals surface area contributed by atoms with E-state index in [9.17, 15) is 19.7 Å². The quantitative estimate of drug-likeness (QED) is 0.297. The van der Waals surface area contributed by atoms with Crippen molar-refractivity contribution < 1.29 is 19.2 Å². The number of ether oxygens (including phenoxy) is 1. The summed E-state index contributed by atoms with van der Waals surface area (Å²) < 4.78 is 6.22. The monoisotopic (exact) mass is 533 g/mol. The Morgan fingerprint density at radius 2 is 1.88 bits per heavy atom. The number of amides is 2. The second-order valence-electron chi connectivity index (χ2n) is 8.01. The summed E-state index contributed by atoms with van der Waals surface area (Å²) in [7, 11) is 0. The summed E-state index contributed by atoms with van der Waals surface area (Å²) in [6.45, 7) is 4.30. The Morgan fingerprint density at radius 1 is 1.18 bits per heavy atom. The van der Waals surface area contributed by atoms with Gasteiger partial charge in [0.15, 0.2) is 0 Å². The molecule has 1 heterocycles. The highest BCUT2D eigenvalue weighted by molar-refractivity contribution is 9.10. The third-order valence-corrected chi connectivity index (χ3v) is 6.02. The van der Waals surface area contributed by atoms with Gasteiger partial charge in [0.05, 0.1) is 37.0 Å². The number of morpholine rings is 1. The summed E-state index contributed by atoms with van der Waals surface area (Å²) in [5.41, 5.74) is 6.87. The lowest BCUT2D eigenvalue weighted by atomic mass is 10.0. The molecule has 0 saturated carbocycles. The van der Waals surface area contributed by atoms with Crippen LogP contribution in [0.15, 0.2) is 46.9 Å². The number of carbonyl (C=O) groups is 2. The molecule has 1 aliphatic heterocycles. The van der Waals surface area contributed by atoms with Gasteiger partial charge in [-0.1, -0.05) is 34.1 Å². The molecule has 1 unspecified atom stereocenters. The molecule has 1 saturated heterocycles. The molecule has 1 fully saturated rings. The molecular weight excluding hydrogens is 506 g/mol. The Bertz CT molecular complexity index is 1010. The number of benzene rings is 2. The molecule has 3 rings (SSSR count). The first-order valence-corrected chi connectivity index (χ1v) is 11.8. The number of hydrogen-bond acceptors (Lipinski definition) is 7. The maximum Gasteiger partial charge on any atom is 0.292 e. The van der Waals surface area contributed by atoms with E-state index in [2.05, 4.69) is 31.5 Å². The average molecular weight is 534 g/mol. The van der Waals surface area contributed by atoms with Crippen LogP contribution in [0.4, 0.5) is 11.4 Å². The molecular formula is C23H28BrN5O5. The van der Waals surface area contributed by atoms with Gasteiger partial charge in [0, 0.05) is 36.7 Å². The van der Waals surface area contributed by atoms with Crippen molar-refractivity contribution in [3.8, 4) is 0 Å². The Kier molecular flexibility index (Phi) is 9.37. The maximum atomic E-state index is 12.6. The van der Waals surface area contributed by atoms with E-state index in [4.69, 9.17) is 10.5 Å². The van der Waals surface area contributed by atoms with E-state index in [1.54, 1.807) is 12.1 Å². The number of hydrogen-bond donors (Lipinski definition) is 3. The largest absolute Gasteiger partial charge is 0.379 e. The van der Waals surface area contributed by atoms with Crippen LogP contribution < -0.4 is 16.4 Å². The zero-order valence-electron chi connectivity index (χ0n) is 18.7. The molecule has 11 heteroatoms. The number of nitrogens with zero attached hydrogens (tertiary/aromatic N) is 2. The number of anilines is 1. The molecule has 0 aliphatic carbocycles. The second kappa shape index (κ2) is 12.4. The van der Waals surface area contributed by atoms with Crippen LogP contribution in [0.25, 0.3) is 0 Å². The Hall–Kier alpha value is -3.02. The number of halogens is 1. The van der Waals surface area contributed by atoms with E-state index in [1.165, 1.54) is 6.07 Å². The van der Waals surface area contributed by atoms with Crippen LogP contribution in [0.3, 0.4) is 0 Å². The van der Waals surface area contributed by atoms with Gasteiger partial charge in [-0.25, -0.2) is 0 Å². The van der Waals surface area contributed by atoms with Crippen molar-refractivity contribution in [3.05, 3.63) is 68.2 Å². The van der Waals surface area contributed by atoms with Crippen LogP contribution in [0.2, 0.25) is 0 Å². The lowest BCUT2D eigenvalue weighted by Gasteiger charge is -2.26. The van der Waals surface area contributed by atoms with E-state index < -0.39 is 16.9 Å². The fraction of sp³-hybridized carbons (Fsp3) is 0.391. The first kappa shape index (κ1) is 25.6. The number of nitro groups is 1. The van der Waals surface area contributed by atoms with Gasteiger partial charge in [-0.05, 0) is 29.3 Å². The molecule has 0 bridgehead atoms. The number of primary amides is 1. The fourth-order valence-corrected chi connectivity index (χ4v) is 3.99. The third-order valence-electron chi connectivity index (χ3n) is 5.49. The normalized spacial score (nSPS) is 14.9. The first-order valence-electron chi connectivity index (χ1n) is 11.0. The topological polar surface area (TPSA) is 140 Å². The van der Waals surface area contributed by atoms with Gasteiger partial charge in [-0.2, -0.15) is 0 Å². The highest BCUT2D eigenvalue weighted by atomic mass is 79.9. The van der Waals surface area contributed by atoms with Crippen molar-refractivity contribution in [2.75, 3.05) is 44.7 Å². The van der Waals surface area contributed by atoms with Crippen molar-refractivity contribution in [1.29, 1.82) is 0 Å². The van der Waals surface area contributed by atoms with Crippen LogP contribution in [-0.4, -0.2) is 61.0 Å². The number of nitrogens with two attached hydrogens (primary N) is 1. The summed E-state index contributed by atoms with van der Waals surface area (Å²) >= 11 is 3.35. The van der Waals surface area contributed by atoms with Crippen molar-refractivity contribution in [3.63, 3.8) is 0 Å². The van der Waals surface area contributed by atoms with Crippen LogP contribution >= 0.6 is 15.9 Å². The highest BCUT2D eigenvalue weighted by Crippen LogP contribution is 2.29. The summed E-state index contributed by atoms with van der Waals surface area (Å²) in [6, 6.07) is 11.2. The first-order chi connectivity index (χ1) is 16.3. The van der Waals surface area contributed by atoms with Crippen LogP contribution in [0.1, 0.15) is 23.6 Å². The number of rotatable bonds is 11. The molecule has 1 aliphatic rings. The molecule has 0 radical (unpaired) electrons. The summed E-state index contributed by atoms with van der Waals surface area (Å²) in [4.78, 5) is 37.7. The van der Waals surface area contributed by atoms with Gasteiger partial charge < -0.3 is 21.1 Å². The third kappa shape index (κ3) is 7.79. The molecule has 1 atom stereocenters. The maximum absolute atomic E-state index is 12.6. The zero-order valence-corrected chi connectivity index (χ0v) is 20.3. The van der Waals surface area contributed by atoms with E-state index in [0.717, 1.165) is 29.7 Å². The van der Waals surface area contributed by atoms with Gasteiger partial charge >= 0.3 is 0 Å². The lowest BCUT2D eigenvalue weighted by molar-refractivity contribution is -0.384. The van der Waals surface area contributed by atoms with Crippen molar-refractivity contribution >= 4 is 39.1 Å². The van der Waals surface area contributed by atoms with Crippen LogP contribution in [0, 0.1) is 10.1 Å². The van der Waals surface area contributed by atoms with Crippen LogP contribution in [0.5, 0.6) is 0 Å². The number of nitrogens with one attached hydrogen (secondary N) is 2. The lowest BCUT2D eigenvalue weighted by Crippen LogP contribution is -2.39. The summed E-state index contributed by atoms with van der Waals surface area (Å²) in [5, 5.41) is 17.6. The van der Waals surface area contributed by atoms with Gasteiger partial charge in [-0.3, -0.25) is 24.6 Å². The molecule has 10 nitrogen and oxygen atoms in total. The van der Waals surface area contributed by atoms with Gasteiger partial charge in [0.25, 0.3) is 5.69 Å². The SMILES string of the molecule is NC(=O)CC(NC(=O)Cc1ccc(Br)cc1)c1ccc(NCCN2CCOCC2)c([N+](=O)[O-])c1. The summed E-state index contributed by atoms with van der Waals surface area (Å²) in [6.07, 6.45) is -0.0706. The fourth-order valence-electron chi connectivity index (χ4n) is 3.73. The van der Waals surface area contributed by atoms with Gasteiger partial charge in [-0.15, -0.1) is 0 Å². The van der Waals surface area contributed by atoms with Gasteiger partial charge in [0.2, 0.25) is 11.8 Å². The van der Waals surface area contributed by atoms with E-state index in [0.29, 0.717) is 31.0 Å². The summed E-state index contributed by atoms with van der Waals surface area (Å²) in [5.74, 6) is -0.937. The van der Waals surface area contributed by atoms with E-state index in [1.807, 2.05) is 24.3 Å². The van der Waals surface area contributed by atoms with Crippen LogP contribution in [-0.2, 0) is 20.7 Å². The average Bonchev–Trinajstić information content (AvgIpc) is 2.80. The van der Waals surface area contributed by atoms with E-state index >= 15 is 0 Å². The molecule has 0 spiro atoms. The Labute approximate surface area is 206 Å². The smallest absolute Gasteiger partial charge is 0.292 e. The minimum Gasteiger partial charge on any atom is -0.379 e. The molecule has 4 N–H and O–H groups in total. The second-order valence-corrected chi connectivity index (χ2v) is 8.92. The predicted octanol–water partition coefficient (Wildman–Crippen LogP) is 2.38. The van der Waals surface area contributed by atoms with Gasteiger partial charge in [0.1, 0.15) is 5.69 Å². The Morgan fingerprint density at radius 3 is 2.53 bits per heavy atom. The highest BCUT2D eigenvalue weighted by Gasteiger charge is 2.22. The minimum atomic E-state index is -0.776. The standard InChI is InChI=1S/C23H28BrN5O5/c24-18-4-1-16(2-5-18)13-23(31)27-20(15-22(25)30)17-3-6-19(21(14-17)29(32)33)26-7-8-28-9-11-34-12-10-28/h1-6,14,20,26H,7-13,15H2,(H2,25,30)(H,27,31). The van der Waals surface area contributed by atoms with E-state index in [-0.39, 0.29) is 24.4 Å². The molecule has 34 heavy (non-hydrogen) atoms. The molecule has 0 aromatic heterocycles. The Balaban J connectivity index is 1.70. The molecule has 2 amide bonds. The number of nitro benzene ring substituents is 1. The zero-order chi connectivity index (χ0) is 24.5. The molecule has 2 aromatic rings. The van der Waals surface area contributed by atoms with Crippen molar-refractivity contribution in [2.45, 2.75) is 18.9 Å². The molecule has 2 aromatic carbocycles.